The Balaban J connectivity index is 2.20. The summed E-state index contributed by atoms with van der Waals surface area (Å²) in [5.41, 5.74) is 0. The molecule has 0 radical (unpaired) electrons. The molecule has 1 unspecified atom stereocenters. The Kier molecular flexibility index (Phi) is 7.05. The second-order valence-electron chi connectivity index (χ2n) is 5.22. The van der Waals surface area contributed by atoms with Gasteiger partial charge in [-0.2, -0.15) is 0 Å². The zero-order valence-corrected chi connectivity index (χ0v) is 11.8. The maximum absolute atomic E-state index is 9.74. The summed E-state index contributed by atoms with van der Waals surface area (Å²) in [6, 6.07) is 0.567. The first-order valence-electron chi connectivity index (χ1n) is 6.92. The average molecular weight is 257 g/mol. The van der Waals surface area contributed by atoms with E-state index in [1.54, 1.807) is 0 Å². The van der Waals surface area contributed by atoms with Crippen molar-refractivity contribution in [2.24, 2.45) is 10.9 Å². The van der Waals surface area contributed by atoms with Gasteiger partial charge in [-0.15, -0.1) is 0 Å². The summed E-state index contributed by atoms with van der Waals surface area (Å²) < 4.78 is 5.38. The number of aliphatic imine (C=N–C) groups is 1. The van der Waals surface area contributed by atoms with Gasteiger partial charge in [-0.3, -0.25) is 4.99 Å². The van der Waals surface area contributed by atoms with Crippen LogP contribution in [0.1, 0.15) is 33.6 Å². The maximum Gasteiger partial charge on any atom is 0.191 e. The summed E-state index contributed by atoms with van der Waals surface area (Å²) in [6.45, 7) is 8.46. The highest BCUT2D eigenvalue weighted by molar-refractivity contribution is 5.80. The fourth-order valence-corrected chi connectivity index (χ4v) is 1.43. The number of ether oxygens (including phenoxy) is 1. The van der Waals surface area contributed by atoms with Gasteiger partial charge >= 0.3 is 0 Å². The summed E-state index contributed by atoms with van der Waals surface area (Å²) >= 11 is 0. The Morgan fingerprint density at radius 3 is 2.67 bits per heavy atom. The Morgan fingerprint density at radius 2 is 2.11 bits per heavy atom. The molecule has 0 heterocycles. The maximum atomic E-state index is 9.74. The number of hydrogen-bond donors (Lipinski definition) is 3. The van der Waals surface area contributed by atoms with E-state index in [0.29, 0.717) is 31.7 Å². The van der Waals surface area contributed by atoms with E-state index in [0.717, 1.165) is 12.5 Å². The van der Waals surface area contributed by atoms with Gasteiger partial charge < -0.3 is 20.5 Å². The molecule has 0 aliphatic heterocycles. The number of nitrogens with zero attached hydrogens (tertiary/aromatic N) is 1. The smallest absolute Gasteiger partial charge is 0.191 e. The lowest BCUT2D eigenvalue weighted by Crippen LogP contribution is -2.39. The predicted molar refractivity (Wildman–Crippen MR) is 73.8 cm³/mol. The quantitative estimate of drug-likeness (QED) is 0.443. The molecule has 1 atom stereocenters. The van der Waals surface area contributed by atoms with Crippen LogP contribution in [0.25, 0.3) is 0 Å². The van der Waals surface area contributed by atoms with Crippen molar-refractivity contribution >= 4 is 5.96 Å². The number of rotatable bonds is 8. The molecule has 0 aromatic heterocycles. The highest BCUT2D eigenvalue weighted by Gasteiger charge is 2.22. The van der Waals surface area contributed by atoms with E-state index in [9.17, 15) is 5.11 Å². The van der Waals surface area contributed by atoms with E-state index < -0.39 is 6.10 Å². The van der Waals surface area contributed by atoms with Crippen LogP contribution in [0.15, 0.2) is 4.99 Å². The molecule has 5 nitrogen and oxygen atoms in total. The minimum absolute atomic E-state index is 0.352. The van der Waals surface area contributed by atoms with Crippen LogP contribution in [-0.4, -0.2) is 49.5 Å². The van der Waals surface area contributed by atoms with Gasteiger partial charge in [0.05, 0.1) is 19.3 Å². The molecule has 1 aliphatic carbocycles. The van der Waals surface area contributed by atoms with Crippen LogP contribution in [0.4, 0.5) is 0 Å². The largest absolute Gasteiger partial charge is 0.389 e. The van der Waals surface area contributed by atoms with Gasteiger partial charge in [0.15, 0.2) is 5.96 Å². The molecule has 3 N–H and O–H groups in total. The summed E-state index contributed by atoms with van der Waals surface area (Å²) in [7, 11) is 0. The van der Waals surface area contributed by atoms with Crippen molar-refractivity contribution in [1.82, 2.24) is 10.6 Å². The van der Waals surface area contributed by atoms with E-state index in [-0.39, 0.29) is 0 Å². The highest BCUT2D eigenvalue weighted by atomic mass is 16.5. The SMILES string of the molecule is CCNC(=NCC(O)COCC(C)C)NC1CC1. The normalized spacial score (nSPS) is 17.9. The molecule has 1 fully saturated rings. The number of nitrogens with one attached hydrogen (secondary N) is 2. The summed E-state index contributed by atoms with van der Waals surface area (Å²) in [5, 5.41) is 16.2. The van der Waals surface area contributed by atoms with Crippen LogP contribution in [0.3, 0.4) is 0 Å². The average Bonchev–Trinajstić information content (AvgIpc) is 3.09. The number of aliphatic hydroxyl groups is 1. The lowest BCUT2D eigenvalue weighted by molar-refractivity contribution is 0.0301. The van der Waals surface area contributed by atoms with Gasteiger partial charge in [0.1, 0.15) is 0 Å². The standard InChI is InChI=1S/C13H27N3O2/c1-4-14-13(16-11-5-6-11)15-7-12(17)9-18-8-10(2)3/h10-12,17H,4-9H2,1-3H3,(H2,14,15,16). The molecule has 0 saturated heterocycles. The van der Waals surface area contributed by atoms with Crippen LogP contribution in [0.2, 0.25) is 0 Å². The molecule has 106 valence electrons. The molecule has 1 aliphatic rings. The molecule has 5 heteroatoms. The molecule has 0 bridgehead atoms. The molecule has 1 rings (SSSR count). The third-order valence-corrected chi connectivity index (χ3v) is 2.48. The Labute approximate surface area is 110 Å². The Bertz CT molecular complexity index is 253. The monoisotopic (exact) mass is 257 g/mol. The predicted octanol–water partition coefficient (Wildman–Crippen LogP) is 0.737. The van der Waals surface area contributed by atoms with Crippen molar-refractivity contribution in [1.29, 1.82) is 0 Å². The van der Waals surface area contributed by atoms with Crippen molar-refractivity contribution in [3.8, 4) is 0 Å². The van der Waals surface area contributed by atoms with Crippen molar-refractivity contribution in [3.05, 3.63) is 0 Å². The second-order valence-corrected chi connectivity index (χ2v) is 5.22. The van der Waals surface area contributed by atoms with Gasteiger partial charge in [0.25, 0.3) is 0 Å². The number of hydrogen-bond acceptors (Lipinski definition) is 3. The molecule has 0 aromatic carbocycles. The number of guanidine groups is 1. The lowest BCUT2D eigenvalue weighted by atomic mass is 10.2. The molecular formula is C13H27N3O2. The first-order valence-corrected chi connectivity index (χ1v) is 6.92. The zero-order chi connectivity index (χ0) is 13.4. The molecule has 0 aromatic rings. The van der Waals surface area contributed by atoms with Crippen molar-refractivity contribution in [3.63, 3.8) is 0 Å². The topological polar surface area (TPSA) is 65.9 Å². The van der Waals surface area contributed by atoms with E-state index in [4.69, 9.17) is 4.74 Å². The lowest BCUT2D eigenvalue weighted by Gasteiger charge is -2.13. The minimum Gasteiger partial charge on any atom is -0.389 e. The van der Waals surface area contributed by atoms with Gasteiger partial charge in [0, 0.05) is 19.2 Å². The van der Waals surface area contributed by atoms with Gasteiger partial charge in [0.2, 0.25) is 0 Å². The summed E-state index contributed by atoms with van der Waals surface area (Å²) in [5.74, 6) is 1.29. The Morgan fingerprint density at radius 1 is 1.39 bits per heavy atom. The first kappa shape index (κ1) is 15.2. The molecule has 0 spiro atoms. The highest BCUT2D eigenvalue weighted by Crippen LogP contribution is 2.18. The molecule has 18 heavy (non-hydrogen) atoms. The van der Waals surface area contributed by atoms with E-state index >= 15 is 0 Å². The minimum atomic E-state index is -0.529. The van der Waals surface area contributed by atoms with Crippen LogP contribution in [0.5, 0.6) is 0 Å². The third-order valence-electron chi connectivity index (χ3n) is 2.48. The van der Waals surface area contributed by atoms with Crippen LogP contribution < -0.4 is 10.6 Å². The van der Waals surface area contributed by atoms with Gasteiger partial charge in [-0.05, 0) is 25.7 Å². The van der Waals surface area contributed by atoms with E-state index in [1.165, 1.54) is 12.8 Å². The number of aliphatic hydroxyl groups excluding tert-OH is 1. The molecule has 1 saturated carbocycles. The van der Waals surface area contributed by atoms with E-state index in [2.05, 4.69) is 29.5 Å². The van der Waals surface area contributed by atoms with Crippen LogP contribution in [0, 0.1) is 5.92 Å². The molecule has 0 amide bonds. The fraction of sp³-hybridized carbons (Fsp3) is 0.923. The van der Waals surface area contributed by atoms with Gasteiger partial charge in [-0.1, -0.05) is 13.8 Å². The Hall–Kier alpha value is -0.810. The van der Waals surface area contributed by atoms with Crippen molar-refractivity contribution in [2.45, 2.75) is 45.8 Å². The summed E-state index contributed by atoms with van der Waals surface area (Å²) in [4.78, 5) is 4.36. The fourth-order valence-electron chi connectivity index (χ4n) is 1.43. The van der Waals surface area contributed by atoms with Gasteiger partial charge in [-0.25, -0.2) is 0 Å². The van der Waals surface area contributed by atoms with Crippen LogP contribution >= 0.6 is 0 Å². The molecular weight excluding hydrogens is 230 g/mol. The second kappa shape index (κ2) is 8.32. The zero-order valence-electron chi connectivity index (χ0n) is 11.8. The van der Waals surface area contributed by atoms with Crippen molar-refractivity contribution in [2.75, 3.05) is 26.3 Å². The first-order chi connectivity index (χ1) is 8.61. The third kappa shape index (κ3) is 7.50. The van der Waals surface area contributed by atoms with E-state index in [1.807, 2.05) is 6.92 Å². The van der Waals surface area contributed by atoms with Crippen LogP contribution in [-0.2, 0) is 4.74 Å². The summed E-state index contributed by atoms with van der Waals surface area (Å²) in [6.07, 6.45) is 1.90. The van der Waals surface area contributed by atoms with Crippen molar-refractivity contribution < 1.29 is 9.84 Å².